The predicted molar refractivity (Wildman–Crippen MR) is 77.6 cm³/mol. The first-order chi connectivity index (χ1) is 8.20. The normalized spacial score (nSPS) is 12.9. The van der Waals surface area contributed by atoms with Gasteiger partial charge >= 0.3 is 41.5 Å². The molecule has 1 atom stereocenters. The molecule has 0 bridgehead atoms. The Bertz CT molecular complexity index is 270. The first-order valence-electron chi connectivity index (χ1n) is 6.65. The summed E-state index contributed by atoms with van der Waals surface area (Å²) in [6.45, 7) is 8.25. The summed E-state index contributed by atoms with van der Waals surface area (Å²) < 4.78 is 0. The molecule has 0 saturated carbocycles. The number of carbonyl (C=O) groups is 2. The molecule has 0 rings (SSSR count). The number of hydrogen-bond donors (Lipinski definition) is 2. The molecule has 0 radical (unpaired) electrons. The predicted octanol–water partition coefficient (Wildman–Crippen LogP) is 2.76. The molecule has 0 aliphatic carbocycles. The van der Waals surface area contributed by atoms with Crippen molar-refractivity contribution in [1.29, 1.82) is 0 Å². The van der Waals surface area contributed by atoms with Crippen LogP contribution in [-0.4, -0.2) is 51.7 Å². The van der Waals surface area contributed by atoms with Crippen molar-refractivity contribution in [3.63, 3.8) is 0 Å². The third-order valence-electron chi connectivity index (χ3n) is 3.50. The van der Waals surface area contributed by atoms with Crippen LogP contribution in [-0.2, 0) is 9.59 Å². The quantitative estimate of drug-likeness (QED) is 0.408. The molecule has 0 saturated heterocycles. The molecular weight excluding hydrogens is 255 g/mol. The second-order valence-electron chi connectivity index (χ2n) is 6.02. The van der Waals surface area contributed by atoms with Gasteiger partial charge < -0.3 is 10.2 Å². The number of unbranched alkanes of at least 4 members (excludes halogenated alkanes) is 2. The van der Waals surface area contributed by atoms with E-state index in [1.165, 1.54) is 0 Å². The minimum atomic E-state index is -1.28. The Morgan fingerprint density at radius 1 is 1.05 bits per heavy atom. The van der Waals surface area contributed by atoms with Gasteiger partial charge in [0.25, 0.3) is 0 Å². The van der Waals surface area contributed by atoms with Gasteiger partial charge in [0.2, 0.25) is 0 Å². The third kappa shape index (κ3) is 8.66. The van der Waals surface area contributed by atoms with Gasteiger partial charge in [0.15, 0.2) is 5.92 Å². The van der Waals surface area contributed by atoms with Gasteiger partial charge in [0, 0.05) is 0 Å². The van der Waals surface area contributed by atoms with Crippen molar-refractivity contribution >= 4 is 41.5 Å². The molecular formula is C14H27NaO4. The summed E-state index contributed by atoms with van der Waals surface area (Å²) in [7, 11) is 0. The molecule has 0 heterocycles. The molecule has 0 aliphatic heterocycles. The molecule has 4 nitrogen and oxygen atoms in total. The van der Waals surface area contributed by atoms with E-state index < -0.39 is 17.9 Å². The standard InChI is InChI=1S/C14H26O4.Na.H/c1-5-6-7-8-10(14(2,3)4)9-11(12(15)16)13(17)18;;/h10-11H,5-9H2,1-4H3,(H,15,16)(H,17,18);;. The summed E-state index contributed by atoms with van der Waals surface area (Å²) in [6, 6.07) is 0. The minimum absolute atomic E-state index is 0. The zero-order valence-electron chi connectivity index (χ0n) is 11.9. The van der Waals surface area contributed by atoms with E-state index in [1.807, 2.05) is 20.8 Å². The summed E-state index contributed by atoms with van der Waals surface area (Å²) >= 11 is 0. The van der Waals surface area contributed by atoms with E-state index in [0.29, 0.717) is 0 Å². The van der Waals surface area contributed by atoms with Gasteiger partial charge in [0.1, 0.15) is 0 Å². The van der Waals surface area contributed by atoms with Crippen LogP contribution in [0.25, 0.3) is 0 Å². The van der Waals surface area contributed by atoms with Gasteiger partial charge in [-0.3, -0.25) is 9.59 Å². The van der Waals surface area contributed by atoms with Crippen LogP contribution in [0.5, 0.6) is 0 Å². The number of aliphatic carboxylic acids is 2. The maximum absolute atomic E-state index is 11.0. The van der Waals surface area contributed by atoms with Gasteiger partial charge in [-0.1, -0.05) is 47.0 Å². The van der Waals surface area contributed by atoms with E-state index in [0.717, 1.165) is 25.7 Å². The third-order valence-corrected chi connectivity index (χ3v) is 3.50. The van der Waals surface area contributed by atoms with Crippen molar-refractivity contribution in [2.24, 2.45) is 17.3 Å². The van der Waals surface area contributed by atoms with Gasteiger partial charge in [-0.15, -0.1) is 0 Å². The molecule has 0 aromatic carbocycles. The summed E-state index contributed by atoms with van der Waals surface area (Å²) in [5, 5.41) is 17.9. The van der Waals surface area contributed by atoms with Crippen molar-refractivity contribution < 1.29 is 19.8 Å². The molecule has 0 aliphatic rings. The second-order valence-corrected chi connectivity index (χ2v) is 6.02. The van der Waals surface area contributed by atoms with Crippen LogP contribution in [0.2, 0.25) is 0 Å². The summed E-state index contributed by atoms with van der Waals surface area (Å²) in [5.41, 5.74) is -0.0586. The van der Waals surface area contributed by atoms with Crippen LogP contribution < -0.4 is 0 Å². The number of carboxylic acids is 2. The van der Waals surface area contributed by atoms with Crippen molar-refractivity contribution in [2.45, 2.75) is 59.8 Å². The van der Waals surface area contributed by atoms with Gasteiger partial charge in [0.05, 0.1) is 0 Å². The van der Waals surface area contributed by atoms with Gasteiger partial charge in [-0.25, -0.2) is 0 Å². The molecule has 5 heteroatoms. The molecule has 0 spiro atoms. The molecule has 19 heavy (non-hydrogen) atoms. The van der Waals surface area contributed by atoms with Crippen LogP contribution in [0, 0.1) is 17.3 Å². The summed E-state index contributed by atoms with van der Waals surface area (Å²) in [4.78, 5) is 21.9. The van der Waals surface area contributed by atoms with Gasteiger partial charge in [-0.05, 0) is 24.2 Å². The van der Waals surface area contributed by atoms with Crippen LogP contribution in [0.15, 0.2) is 0 Å². The topological polar surface area (TPSA) is 74.6 Å². The fourth-order valence-corrected chi connectivity index (χ4v) is 2.14. The molecule has 0 aromatic rings. The van der Waals surface area contributed by atoms with Crippen molar-refractivity contribution in [2.75, 3.05) is 0 Å². The Labute approximate surface area is 138 Å². The SMILES string of the molecule is CCCCCC(CC(C(=O)O)C(=O)O)C(C)(C)C.[NaH]. The first-order valence-corrected chi connectivity index (χ1v) is 6.65. The Balaban J connectivity index is 0. The zero-order chi connectivity index (χ0) is 14.3. The van der Waals surface area contributed by atoms with Crippen molar-refractivity contribution in [3.8, 4) is 0 Å². The Morgan fingerprint density at radius 3 is 1.84 bits per heavy atom. The van der Waals surface area contributed by atoms with Crippen LogP contribution in [0.1, 0.15) is 59.8 Å². The Hall–Kier alpha value is -0.0600. The van der Waals surface area contributed by atoms with Crippen LogP contribution in [0.4, 0.5) is 0 Å². The monoisotopic (exact) mass is 282 g/mol. The average Bonchev–Trinajstić information content (AvgIpc) is 2.20. The fraction of sp³-hybridized carbons (Fsp3) is 0.857. The molecule has 2 N–H and O–H groups in total. The molecule has 1 unspecified atom stereocenters. The Kier molecular flexibility index (Phi) is 10.9. The Morgan fingerprint density at radius 2 is 1.53 bits per heavy atom. The van der Waals surface area contributed by atoms with E-state index in [1.54, 1.807) is 0 Å². The van der Waals surface area contributed by atoms with E-state index in [2.05, 4.69) is 6.92 Å². The summed E-state index contributed by atoms with van der Waals surface area (Å²) in [6.07, 6.45) is 4.37. The van der Waals surface area contributed by atoms with Gasteiger partial charge in [-0.2, -0.15) is 0 Å². The number of hydrogen-bond acceptors (Lipinski definition) is 2. The molecule has 0 fully saturated rings. The second kappa shape index (κ2) is 9.78. The molecule has 108 valence electrons. The van der Waals surface area contributed by atoms with E-state index in [9.17, 15) is 9.59 Å². The van der Waals surface area contributed by atoms with E-state index >= 15 is 0 Å². The summed E-state index contributed by atoms with van der Waals surface area (Å²) in [5.74, 6) is -3.61. The van der Waals surface area contributed by atoms with E-state index in [4.69, 9.17) is 10.2 Å². The zero-order valence-corrected chi connectivity index (χ0v) is 11.9. The van der Waals surface area contributed by atoms with Crippen molar-refractivity contribution in [3.05, 3.63) is 0 Å². The maximum atomic E-state index is 11.0. The number of carboxylic acid groups (broad SMARTS) is 2. The van der Waals surface area contributed by atoms with Crippen molar-refractivity contribution in [1.82, 2.24) is 0 Å². The number of rotatable bonds is 8. The van der Waals surface area contributed by atoms with Crippen LogP contribution in [0.3, 0.4) is 0 Å². The molecule has 0 amide bonds. The fourth-order valence-electron chi connectivity index (χ4n) is 2.14. The van der Waals surface area contributed by atoms with Crippen LogP contribution >= 0.6 is 0 Å². The average molecular weight is 282 g/mol. The van der Waals surface area contributed by atoms with E-state index in [-0.39, 0.29) is 47.3 Å². The first kappa shape index (κ1) is 21.2. The molecule has 0 aromatic heterocycles.